The maximum Gasteiger partial charge on any atom is 0.253 e. The SMILES string of the molecule is CNC(=O)C[C@@H]1O[C@H](c2cccc(Cl)c2)[C@@H](c2ccc(Cl)cc2)N([C@H](CN(c2ccccc2F)S(=O)(=O)C2CC2)C2CC2)C1=O.CNC(=O)C[C@H]1O[C@H](c2cccc(Cl)c2)[C@@H](c2ccc(Cl)cc2)N([C@H](CN(c2ccccc2F)S(=O)(=O)C2CC2)C2CC2)C1=O. The average Bonchev–Trinajstić information content (AvgIpc) is 1.72. The van der Waals surface area contributed by atoms with E-state index in [0.29, 0.717) is 68.0 Å². The second-order valence-corrected chi connectivity index (χ2v) is 29.7. The lowest BCUT2D eigenvalue weighted by Gasteiger charge is -2.49. The molecular weight excluding hydrogens is 1280 g/mol. The van der Waals surface area contributed by atoms with Crippen LogP contribution in [-0.4, -0.2) is 112 Å². The first-order valence-corrected chi connectivity index (χ1v) is 34.6. The molecule has 476 valence electrons. The van der Waals surface area contributed by atoms with Gasteiger partial charge in [0.05, 0.1) is 72.0 Å². The number of benzene rings is 6. The summed E-state index contributed by atoms with van der Waals surface area (Å²) in [5.41, 5.74) is 2.70. The zero-order chi connectivity index (χ0) is 63.8. The highest BCUT2D eigenvalue weighted by Crippen LogP contribution is 2.51. The predicted molar refractivity (Wildman–Crippen MR) is 342 cm³/mol. The van der Waals surface area contributed by atoms with Crippen molar-refractivity contribution >= 4 is 101 Å². The van der Waals surface area contributed by atoms with Gasteiger partial charge in [0.25, 0.3) is 11.8 Å². The van der Waals surface area contributed by atoms with Gasteiger partial charge in [-0.25, -0.2) is 25.6 Å². The average molecular weight is 1350 g/mol. The van der Waals surface area contributed by atoms with Gasteiger partial charge in [-0.15, -0.1) is 0 Å². The summed E-state index contributed by atoms with van der Waals surface area (Å²) in [6.07, 6.45) is 0.744. The normalized spacial score (nSPS) is 22.6. The molecule has 2 aliphatic heterocycles. The summed E-state index contributed by atoms with van der Waals surface area (Å²) in [6, 6.07) is 37.3. The fourth-order valence-electron chi connectivity index (χ4n) is 12.3. The number of anilines is 2. The third kappa shape index (κ3) is 14.5. The molecule has 6 aromatic rings. The van der Waals surface area contributed by atoms with Gasteiger partial charge in [-0.2, -0.15) is 0 Å². The van der Waals surface area contributed by atoms with E-state index in [4.69, 9.17) is 55.9 Å². The molecule has 24 heteroatoms. The van der Waals surface area contributed by atoms with Crippen molar-refractivity contribution in [3.05, 3.63) is 200 Å². The molecule has 6 aliphatic rings. The van der Waals surface area contributed by atoms with Crippen LogP contribution < -0.4 is 19.2 Å². The van der Waals surface area contributed by atoms with Gasteiger partial charge in [0.2, 0.25) is 31.9 Å². The Morgan fingerprint density at radius 1 is 0.500 bits per heavy atom. The number of nitrogens with one attached hydrogen (secondary N) is 2. The lowest BCUT2D eigenvalue weighted by molar-refractivity contribution is -0.181. The highest BCUT2D eigenvalue weighted by Gasteiger charge is 2.55. The molecule has 0 spiro atoms. The highest BCUT2D eigenvalue weighted by atomic mass is 35.5. The second kappa shape index (κ2) is 27.5. The Kier molecular flexibility index (Phi) is 19.9. The van der Waals surface area contributed by atoms with Crippen molar-refractivity contribution in [2.75, 3.05) is 35.8 Å². The first kappa shape index (κ1) is 65.1. The number of rotatable bonds is 22. The Morgan fingerprint density at radius 2 is 0.856 bits per heavy atom. The van der Waals surface area contributed by atoms with Gasteiger partial charge in [0, 0.05) is 34.2 Å². The first-order valence-electron chi connectivity index (χ1n) is 30.1. The van der Waals surface area contributed by atoms with E-state index in [0.717, 1.165) is 34.3 Å². The summed E-state index contributed by atoms with van der Waals surface area (Å²) in [7, 11) is -4.89. The molecular formula is C66H68Cl4F2N6O10S2. The summed E-state index contributed by atoms with van der Waals surface area (Å²) in [5.74, 6) is -3.05. The molecule has 4 amide bonds. The van der Waals surface area contributed by atoms with Gasteiger partial charge in [-0.3, -0.25) is 27.8 Å². The van der Waals surface area contributed by atoms with Crippen molar-refractivity contribution in [1.82, 2.24) is 20.4 Å². The van der Waals surface area contributed by atoms with Crippen LogP contribution in [0.1, 0.15) is 111 Å². The zero-order valence-corrected chi connectivity index (χ0v) is 53.9. The molecule has 2 saturated heterocycles. The minimum atomic E-state index is -3.93. The van der Waals surface area contributed by atoms with E-state index in [9.17, 15) is 36.0 Å². The minimum absolute atomic E-state index is 0.0490. The highest BCUT2D eigenvalue weighted by molar-refractivity contribution is 7.94. The maximum atomic E-state index is 15.3. The van der Waals surface area contributed by atoms with E-state index >= 15 is 8.78 Å². The van der Waals surface area contributed by atoms with E-state index in [1.165, 1.54) is 50.5 Å². The number of amides is 4. The monoisotopic (exact) mass is 1350 g/mol. The number of carbonyl (C=O) groups excluding carboxylic acids is 4. The third-order valence-electron chi connectivity index (χ3n) is 17.4. The third-order valence-corrected chi connectivity index (χ3v) is 23.0. The topological polar surface area (TPSA) is 192 Å². The van der Waals surface area contributed by atoms with Crippen LogP contribution in [0.2, 0.25) is 20.1 Å². The Balaban J connectivity index is 0.000000185. The molecule has 16 nitrogen and oxygen atoms in total. The number of carbonyl (C=O) groups is 4. The van der Waals surface area contributed by atoms with Crippen molar-refractivity contribution in [2.45, 2.75) is 123 Å². The number of hydrogen-bond acceptors (Lipinski definition) is 10. The number of nitrogens with zero attached hydrogens (tertiary/aromatic N) is 4. The van der Waals surface area contributed by atoms with E-state index in [1.54, 1.807) is 82.6 Å². The lowest BCUT2D eigenvalue weighted by atomic mass is 9.89. The maximum absolute atomic E-state index is 15.3. The van der Waals surface area contributed by atoms with Crippen LogP contribution in [0.25, 0.3) is 0 Å². The van der Waals surface area contributed by atoms with E-state index in [1.807, 2.05) is 36.4 Å². The smallest absolute Gasteiger partial charge is 0.253 e. The standard InChI is InChI=1S/2C33H34Cl2FN3O5S/c2*1-37-30(40)18-29-33(41)39(31(21-11-13-23(34)14-12-21)32(44-29)22-5-4-6-24(35)17-22)28(20-9-10-20)19-38(45(42,43)25-15-16-25)27-8-3-2-7-26(27)36/h2*2-8,11-14,17,20,25,28-29,31-32H,9-10,15-16,18-19H2,1H3,(H,37,40)/t28-,29+,31-,32-;28-,29-,31-,32-/m11/s1. The molecule has 90 heavy (non-hydrogen) atoms. The van der Waals surface area contributed by atoms with Gasteiger partial charge >= 0.3 is 0 Å². The fourth-order valence-corrected chi connectivity index (χ4v) is 16.7. The number of morpholine rings is 2. The molecule has 0 unspecified atom stereocenters. The number of hydrogen-bond donors (Lipinski definition) is 2. The van der Waals surface area contributed by atoms with Gasteiger partial charge < -0.3 is 29.9 Å². The van der Waals surface area contributed by atoms with Gasteiger partial charge in [0.1, 0.15) is 36.1 Å². The molecule has 4 aliphatic carbocycles. The van der Waals surface area contributed by atoms with Crippen molar-refractivity contribution in [3.8, 4) is 0 Å². The van der Waals surface area contributed by atoms with Gasteiger partial charge in [0.15, 0.2) is 0 Å². The number of sulfonamides is 2. The number of ether oxygens (including phenoxy) is 2. The Labute approximate surface area is 543 Å². The molecule has 4 saturated carbocycles. The first-order chi connectivity index (χ1) is 43.2. The van der Waals surface area contributed by atoms with Crippen LogP contribution in [0.3, 0.4) is 0 Å². The fraction of sp³-hybridized carbons (Fsp3) is 0.394. The molecule has 0 radical (unpaired) electrons. The summed E-state index contributed by atoms with van der Waals surface area (Å²) < 4.78 is 101. The summed E-state index contributed by atoms with van der Waals surface area (Å²) in [6.45, 7) is -0.287. The van der Waals surface area contributed by atoms with Crippen LogP contribution in [0.15, 0.2) is 146 Å². The Bertz CT molecular complexity index is 3620. The zero-order valence-electron chi connectivity index (χ0n) is 49.2. The number of halogens is 6. The molecule has 12 rings (SSSR count). The van der Waals surface area contributed by atoms with Crippen molar-refractivity contribution in [3.63, 3.8) is 0 Å². The Hall–Kier alpha value is -6.36. The van der Waals surface area contributed by atoms with E-state index < -0.39 is 103 Å². The summed E-state index contributed by atoms with van der Waals surface area (Å²) in [5, 5.41) is 5.87. The molecule has 6 fully saturated rings. The second-order valence-electron chi connectivity index (χ2n) is 23.7. The van der Waals surface area contributed by atoms with Crippen molar-refractivity contribution in [2.24, 2.45) is 11.8 Å². The Morgan fingerprint density at radius 3 is 1.17 bits per heavy atom. The van der Waals surface area contributed by atoms with Gasteiger partial charge in [-0.1, -0.05) is 119 Å². The summed E-state index contributed by atoms with van der Waals surface area (Å²) in [4.78, 5) is 57.7. The van der Waals surface area contributed by atoms with Crippen LogP contribution >= 0.6 is 46.4 Å². The quantitative estimate of drug-likeness (QED) is 0.0661. The molecule has 6 aromatic carbocycles. The molecule has 0 aromatic heterocycles. The molecule has 0 bridgehead atoms. The summed E-state index contributed by atoms with van der Waals surface area (Å²) >= 11 is 25.4. The largest absolute Gasteiger partial charge is 0.359 e. The van der Waals surface area contributed by atoms with Crippen LogP contribution in [0.5, 0.6) is 0 Å². The van der Waals surface area contributed by atoms with Crippen LogP contribution in [-0.2, 0) is 48.7 Å². The lowest BCUT2D eigenvalue weighted by Crippen LogP contribution is -2.59. The van der Waals surface area contributed by atoms with Crippen molar-refractivity contribution < 1.29 is 54.3 Å². The molecule has 8 atom stereocenters. The van der Waals surface area contributed by atoms with Crippen LogP contribution in [0, 0.1) is 23.5 Å². The molecule has 2 N–H and O–H groups in total. The minimum Gasteiger partial charge on any atom is -0.359 e. The number of para-hydroxylation sites is 2. The van der Waals surface area contributed by atoms with Crippen LogP contribution in [0.4, 0.5) is 20.2 Å². The van der Waals surface area contributed by atoms with Gasteiger partial charge in [-0.05, 0) is 158 Å². The van der Waals surface area contributed by atoms with E-state index in [-0.39, 0.29) is 61.0 Å². The molecule has 2 heterocycles. The van der Waals surface area contributed by atoms with Crippen molar-refractivity contribution in [1.29, 1.82) is 0 Å². The van der Waals surface area contributed by atoms with E-state index in [2.05, 4.69) is 10.6 Å². The predicted octanol–water partition coefficient (Wildman–Crippen LogP) is 12.1.